The molecule has 0 aliphatic carbocycles. The minimum Gasteiger partial charge on any atom is -0.439 e. The van der Waals surface area contributed by atoms with Gasteiger partial charge < -0.3 is 9.84 Å². The van der Waals surface area contributed by atoms with E-state index in [0.717, 1.165) is 18.2 Å². The first-order chi connectivity index (χ1) is 8.54. The molecule has 1 N–H and O–H groups in total. The standard InChI is InChI=1S/C13H11F2NO2/c1-8(17)9-2-3-13(16-7-9)18-12-5-10(14)4-11(15)6-12/h2-8,17H,1H3/t8-/m0/s1. The Morgan fingerprint density at radius 3 is 2.33 bits per heavy atom. The number of nitrogens with zero attached hydrogens (tertiary/aromatic N) is 1. The fraction of sp³-hybridized carbons (Fsp3) is 0.154. The second-order valence-corrected chi connectivity index (χ2v) is 3.81. The molecule has 0 bridgehead atoms. The topological polar surface area (TPSA) is 42.4 Å². The van der Waals surface area contributed by atoms with Gasteiger partial charge in [0, 0.05) is 30.5 Å². The van der Waals surface area contributed by atoms with Gasteiger partial charge in [-0.3, -0.25) is 0 Å². The molecule has 1 aromatic heterocycles. The third-order valence-electron chi connectivity index (χ3n) is 2.30. The lowest BCUT2D eigenvalue weighted by molar-refractivity contribution is 0.198. The summed E-state index contributed by atoms with van der Waals surface area (Å²) in [4.78, 5) is 3.93. The van der Waals surface area contributed by atoms with Crippen molar-refractivity contribution in [3.8, 4) is 11.6 Å². The zero-order chi connectivity index (χ0) is 13.1. The Labute approximate surface area is 103 Å². The van der Waals surface area contributed by atoms with E-state index in [2.05, 4.69) is 4.98 Å². The largest absolute Gasteiger partial charge is 0.439 e. The molecule has 0 radical (unpaired) electrons. The van der Waals surface area contributed by atoms with E-state index in [-0.39, 0.29) is 11.6 Å². The van der Waals surface area contributed by atoms with E-state index in [1.807, 2.05) is 0 Å². The molecule has 2 rings (SSSR count). The van der Waals surface area contributed by atoms with Crippen molar-refractivity contribution in [1.29, 1.82) is 0 Å². The van der Waals surface area contributed by atoms with Crippen LogP contribution in [0.3, 0.4) is 0 Å². The van der Waals surface area contributed by atoms with E-state index in [0.29, 0.717) is 5.56 Å². The van der Waals surface area contributed by atoms with Crippen LogP contribution in [-0.2, 0) is 0 Å². The highest BCUT2D eigenvalue weighted by Crippen LogP contribution is 2.22. The number of benzene rings is 1. The summed E-state index contributed by atoms with van der Waals surface area (Å²) in [6.45, 7) is 1.61. The van der Waals surface area contributed by atoms with E-state index in [4.69, 9.17) is 4.74 Å². The van der Waals surface area contributed by atoms with Crippen LogP contribution in [0.15, 0.2) is 36.5 Å². The quantitative estimate of drug-likeness (QED) is 0.910. The smallest absolute Gasteiger partial charge is 0.219 e. The molecular formula is C13H11F2NO2. The number of hydrogen-bond donors (Lipinski definition) is 1. The fourth-order valence-electron chi connectivity index (χ4n) is 1.41. The molecule has 2 aromatic rings. The van der Waals surface area contributed by atoms with Crippen molar-refractivity contribution >= 4 is 0 Å². The summed E-state index contributed by atoms with van der Waals surface area (Å²) in [5.74, 6) is -1.20. The maximum atomic E-state index is 12.9. The highest BCUT2D eigenvalue weighted by molar-refractivity contribution is 5.29. The summed E-state index contributed by atoms with van der Waals surface area (Å²) in [7, 11) is 0. The van der Waals surface area contributed by atoms with Crippen LogP contribution < -0.4 is 4.74 Å². The van der Waals surface area contributed by atoms with Gasteiger partial charge in [0.2, 0.25) is 5.88 Å². The van der Waals surface area contributed by atoms with Crippen LogP contribution in [-0.4, -0.2) is 10.1 Å². The van der Waals surface area contributed by atoms with E-state index >= 15 is 0 Å². The lowest BCUT2D eigenvalue weighted by atomic mass is 10.2. The summed E-state index contributed by atoms with van der Waals surface area (Å²) in [6.07, 6.45) is 0.813. The number of hydrogen-bond acceptors (Lipinski definition) is 3. The zero-order valence-electron chi connectivity index (χ0n) is 9.60. The van der Waals surface area contributed by atoms with Crippen LogP contribution >= 0.6 is 0 Å². The number of aliphatic hydroxyl groups excluding tert-OH is 1. The minimum atomic E-state index is -0.717. The van der Waals surface area contributed by atoms with E-state index in [9.17, 15) is 13.9 Å². The number of aliphatic hydroxyl groups is 1. The molecule has 0 aliphatic heterocycles. The number of halogens is 2. The molecular weight excluding hydrogens is 240 g/mol. The summed E-state index contributed by atoms with van der Waals surface area (Å²) in [5.41, 5.74) is 0.632. The van der Waals surface area contributed by atoms with Gasteiger partial charge in [-0.1, -0.05) is 0 Å². The van der Waals surface area contributed by atoms with Gasteiger partial charge in [-0.05, 0) is 18.6 Å². The highest BCUT2D eigenvalue weighted by atomic mass is 19.1. The predicted molar refractivity (Wildman–Crippen MR) is 61.3 cm³/mol. The Hall–Kier alpha value is -2.01. The van der Waals surface area contributed by atoms with Crippen LogP contribution in [0.5, 0.6) is 11.6 Å². The fourth-order valence-corrected chi connectivity index (χ4v) is 1.41. The Morgan fingerprint density at radius 1 is 1.17 bits per heavy atom. The molecule has 1 atom stereocenters. The minimum absolute atomic E-state index is 0.0322. The summed E-state index contributed by atoms with van der Waals surface area (Å²) in [5, 5.41) is 9.30. The lowest BCUT2D eigenvalue weighted by Crippen LogP contribution is -1.94. The normalized spacial score (nSPS) is 12.2. The molecule has 0 saturated carbocycles. The molecule has 94 valence electrons. The summed E-state index contributed by atoms with van der Waals surface area (Å²) in [6, 6.07) is 6.03. The SMILES string of the molecule is C[C@H](O)c1ccc(Oc2cc(F)cc(F)c2)nc1. The molecule has 1 heterocycles. The second-order valence-electron chi connectivity index (χ2n) is 3.81. The monoisotopic (exact) mass is 251 g/mol. The molecule has 0 fully saturated rings. The number of aromatic nitrogens is 1. The highest BCUT2D eigenvalue weighted by Gasteiger charge is 2.05. The van der Waals surface area contributed by atoms with Crippen molar-refractivity contribution < 1.29 is 18.6 Å². The van der Waals surface area contributed by atoms with Crippen molar-refractivity contribution in [2.75, 3.05) is 0 Å². The van der Waals surface area contributed by atoms with Gasteiger partial charge in [-0.2, -0.15) is 0 Å². The molecule has 1 aromatic carbocycles. The second kappa shape index (κ2) is 5.10. The van der Waals surface area contributed by atoms with Gasteiger partial charge in [-0.15, -0.1) is 0 Å². The maximum absolute atomic E-state index is 12.9. The molecule has 0 unspecified atom stereocenters. The first-order valence-corrected chi connectivity index (χ1v) is 5.32. The number of ether oxygens (including phenoxy) is 1. The van der Waals surface area contributed by atoms with E-state index in [1.54, 1.807) is 13.0 Å². The molecule has 5 heteroatoms. The molecule has 0 saturated heterocycles. The summed E-state index contributed by atoms with van der Waals surface area (Å²) >= 11 is 0. The van der Waals surface area contributed by atoms with Crippen LogP contribution in [0.1, 0.15) is 18.6 Å². The van der Waals surface area contributed by atoms with Gasteiger partial charge in [0.15, 0.2) is 0 Å². The summed E-state index contributed by atoms with van der Waals surface area (Å²) < 4.78 is 31.1. The number of pyridine rings is 1. The van der Waals surface area contributed by atoms with Crippen molar-refractivity contribution in [2.45, 2.75) is 13.0 Å². The molecule has 3 nitrogen and oxygen atoms in total. The molecule has 0 amide bonds. The third-order valence-corrected chi connectivity index (χ3v) is 2.30. The Kier molecular flexibility index (Phi) is 3.53. The van der Waals surface area contributed by atoms with Crippen molar-refractivity contribution in [3.05, 3.63) is 53.7 Å². The third kappa shape index (κ3) is 3.01. The van der Waals surface area contributed by atoms with Gasteiger partial charge in [-0.25, -0.2) is 13.8 Å². The first kappa shape index (κ1) is 12.4. The van der Waals surface area contributed by atoms with Crippen LogP contribution in [0.4, 0.5) is 8.78 Å². The lowest BCUT2D eigenvalue weighted by Gasteiger charge is -2.07. The zero-order valence-corrected chi connectivity index (χ0v) is 9.60. The molecule has 0 aliphatic rings. The first-order valence-electron chi connectivity index (χ1n) is 5.32. The van der Waals surface area contributed by atoms with Crippen LogP contribution in [0.25, 0.3) is 0 Å². The van der Waals surface area contributed by atoms with Gasteiger partial charge in [0.1, 0.15) is 17.4 Å². The van der Waals surface area contributed by atoms with Gasteiger partial charge in [0.05, 0.1) is 6.10 Å². The molecule has 18 heavy (non-hydrogen) atoms. The Bertz CT molecular complexity index is 521. The molecule has 0 spiro atoms. The van der Waals surface area contributed by atoms with Crippen molar-refractivity contribution in [1.82, 2.24) is 4.98 Å². The average molecular weight is 251 g/mol. The maximum Gasteiger partial charge on any atom is 0.219 e. The number of rotatable bonds is 3. The predicted octanol–water partition coefficient (Wildman–Crippen LogP) is 3.21. The van der Waals surface area contributed by atoms with Gasteiger partial charge in [0.25, 0.3) is 0 Å². The van der Waals surface area contributed by atoms with E-state index in [1.165, 1.54) is 12.3 Å². The van der Waals surface area contributed by atoms with E-state index < -0.39 is 17.7 Å². The Morgan fingerprint density at radius 2 is 1.83 bits per heavy atom. The van der Waals surface area contributed by atoms with Crippen molar-refractivity contribution in [2.24, 2.45) is 0 Å². The van der Waals surface area contributed by atoms with Crippen LogP contribution in [0.2, 0.25) is 0 Å². The van der Waals surface area contributed by atoms with Crippen molar-refractivity contribution in [3.63, 3.8) is 0 Å². The van der Waals surface area contributed by atoms with Gasteiger partial charge >= 0.3 is 0 Å². The Balaban J connectivity index is 2.18. The van der Waals surface area contributed by atoms with Crippen LogP contribution in [0, 0.1) is 11.6 Å². The average Bonchev–Trinajstić information content (AvgIpc) is 2.28.